The number of hydrogen-bond acceptors (Lipinski definition) is 2. The van der Waals surface area contributed by atoms with Gasteiger partial charge in [0.1, 0.15) is 5.82 Å². The third-order valence-corrected chi connectivity index (χ3v) is 3.57. The van der Waals surface area contributed by atoms with Gasteiger partial charge in [-0.15, -0.1) is 0 Å². The normalized spacial score (nSPS) is 10.2. The van der Waals surface area contributed by atoms with Crippen LogP contribution in [-0.4, -0.2) is 10.9 Å². The average molecular weight is 367 g/mol. The van der Waals surface area contributed by atoms with E-state index in [1.165, 1.54) is 18.2 Å². The van der Waals surface area contributed by atoms with Gasteiger partial charge in [-0.25, -0.2) is 4.39 Å². The first kappa shape index (κ1) is 15.6. The van der Waals surface area contributed by atoms with Gasteiger partial charge in [0.05, 0.1) is 10.6 Å². The first-order chi connectivity index (χ1) is 9.95. The predicted molar refractivity (Wildman–Crippen MR) is 89.0 cm³/mol. The largest absolute Gasteiger partial charge is 0.393 e. The molecule has 0 saturated heterocycles. The van der Waals surface area contributed by atoms with E-state index in [0.29, 0.717) is 27.1 Å². The van der Waals surface area contributed by atoms with Crippen molar-refractivity contribution in [2.75, 3.05) is 5.32 Å². The van der Waals surface area contributed by atoms with Crippen LogP contribution in [0.5, 0.6) is 0 Å². The smallest absolute Gasteiger partial charge is 0.256 e. The molecule has 1 amide bonds. The third kappa shape index (κ3) is 4.34. The highest BCUT2D eigenvalue weighted by Gasteiger charge is 2.11. The van der Waals surface area contributed by atoms with Crippen molar-refractivity contribution in [2.45, 2.75) is 6.42 Å². The molecule has 0 aromatic heterocycles. The molecule has 21 heavy (non-hydrogen) atoms. The Labute approximate surface area is 135 Å². The number of carbonyl (C=O) groups is 1. The van der Waals surface area contributed by atoms with Crippen LogP contribution >= 0.6 is 28.1 Å². The van der Waals surface area contributed by atoms with E-state index in [2.05, 4.69) is 21.2 Å². The summed E-state index contributed by atoms with van der Waals surface area (Å²) in [4.78, 5) is 12.5. The monoisotopic (exact) mass is 366 g/mol. The van der Waals surface area contributed by atoms with Crippen molar-refractivity contribution in [3.8, 4) is 0 Å². The number of carbonyl (C=O) groups excluding carboxylic acids is 1. The third-order valence-electron chi connectivity index (χ3n) is 2.77. The summed E-state index contributed by atoms with van der Waals surface area (Å²) in [5.41, 5.74) is 7.46. The van der Waals surface area contributed by atoms with Crippen LogP contribution in [0.15, 0.2) is 46.9 Å². The van der Waals surface area contributed by atoms with Gasteiger partial charge in [0.25, 0.3) is 5.91 Å². The first-order valence-electron chi connectivity index (χ1n) is 6.09. The Morgan fingerprint density at radius 2 is 1.90 bits per heavy atom. The lowest BCUT2D eigenvalue weighted by Gasteiger charge is -2.08. The highest BCUT2D eigenvalue weighted by Crippen LogP contribution is 2.20. The minimum atomic E-state index is -0.402. The number of benzene rings is 2. The van der Waals surface area contributed by atoms with E-state index >= 15 is 0 Å². The van der Waals surface area contributed by atoms with Gasteiger partial charge in [-0.05, 0) is 51.8 Å². The molecule has 3 nitrogen and oxygen atoms in total. The second-order valence-electron chi connectivity index (χ2n) is 4.42. The molecule has 0 unspecified atom stereocenters. The van der Waals surface area contributed by atoms with Gasteiger partial charge in [-0.2, -0.15) is 0 Å². The predicted octanol–water partition coefficient (Wildman–Crippen LogP) is 3.67. The van der Waals surface area contributed by atoms with Crippen LogP contribution < -0.4 is 11.1 Å². The van der Waals surface area contributed by atoms with Crippen molar-refractivity contribution in [1.82, 2.24) is 0 Å². The van der Waals surface area contributed by atoms with E-state index in [1.54, 1.807) is 12.1 Å². The lowest BCUT2D eigenvalue weighted by atomic mass is 10.1. The number of nitrogens with two attached hydrogens (primary N) is 1. The van der Waals surface area contributed by atoms with Crippen molar-refractivity contribution in [3.05, 3.63) is 63.9 Å². The van der Waals surface area contributed by atoms with E-state index < -0.39 is 5.82 Å². The molecule has 0 radical (unpaired) electrons. The summed E-state index contributed by atoms with van der Waals surface area (Å²) in [6.07, 6.45) is 0.521. The van der Waals surface area contributed by atoms with Crippen LogP contribution in [0.2, 0.25) is 0 Å². The highest BCUT2D eigenvalue weighted by atomic mass is 79.9. The maximum Gasteiger partial charge on any atom is 0.256 e. The van der Waals surface area contributed by atoms with Gasteiger partial charge in [0.15, 0.2) is 0 Å². The summed E-state index contributed by atoms with van der Waals surface area (Å²) >= 11 is 8.01. The molecule has 2 aromatic carbocycles. The minimum Gasteiger partial charge on any atom is -0.393 e. The summed E-state index contributed by atoms with van der Waals surface area (Å²) in [7, 11) is 0. The number of hydrogen-bond donors (Lipinski definition) is 2. The molecule has 0 aliphatic rings. The van der Waals surface area contributed by atoms with Gasteiger partial charge in [0, 0.05) is 16.6 Å². The van der Waals surface area contributed by atoms with E-state index in [9.17, 15) is 9.18 Å². The molecule has 2 rings (SSSR count). The van der Waals surface area contributed by atoms with Crippen molar-refractivity contribution < 1.29 is 9.18 Å². The molecule has 3 N–H and O–H groups in total. The average Bonchev–Trinajstić information content (AvgIpc) is 2.40. The van der Waals surface area contributed by atoms with Crippen molar-refractivity contribution in [2.24, 2.45) is 5.73 Å². The fourth-order valence-electron chi connectivity index (χ4n) is 1.78. The zero-order valence-corrected chi connectivity index (χ0v) is 13.3. The fourth-order valence-corrected chi connectivity index (χ4v) is 2.48. The Morgan fingerprint density at radius 3 is 2.48 bits per heavy atom. The molecule has 6 heteroatoms. The zero-order chi connectivity index (χ0) is 15.4. The summed E-state index contributed by atoms with van der Waals surface area (Å²) in [5.74, 6) is -0.718. The molecule has 0 fully saturated rings. The summed E-state index contributed by atoms with van der Waals surface area (Å²) in [6, 6.07) is 11.1. The van der Waals surface area contributed by atoms with E-state index in [0.717, 1.165) is 5.56 Å². The zero-order valence-electron chi connectivity index (χ0n) is 10.9. The van der Waals surface area contributed by atoms with Crippen LogP contribution in [-0.2, 0) is 6.42 Å². The summed E-state index contributed by atoms with van der Waals surface area (Å²) in [6.45, 7) is 0. The van der Waals surface area contributed by atoms with Gasteiger partial charge >= 0.3 is 0 Å². The number of halogens is 2. The maximum atomic E-state index is 13.0. The quantitative estimate of drug-likeness (QED) is 0.811. The van der Waals surface area contributed by atoms with E-state index in [-0.39, 0.29) is 5.91 Å². The van der Waals surface area contributed by atoms with Crippen LogP contribution in [0.4, 0.5) is 10.1 Å². The molecule has 0 aliphatic heterocycles. The van der Waals surface area contributed by atoms with E-state index in [1.807, 2.05) is 12.1 Å². The first-order valence-corrected chi connectivity index (χ1v) is 7.29. The number of nitrogens with one attached hydrogen (secondary N) is 1. The Balaban J connectivity index is 2.10. The lowest BCUT2D eigenvalue weighted by molar-refractivity contribution is 0.102. The molecule has 0 atom stereocenters. The van der Waals surface area contributed by atoms with E-state index in [4.69, 9.17) is 18.0 Å². The maximum absolute atomic E-state index is 13.0. The Morgan fingerprint density at radius 1 is 1.24 bits per heavy atom. The number of rotatable bonds is 4. The van der Waals surface area contributed by atoms with Gasteiger partial charge in [0.2, 0.25) is 0 Å². The topological polar surface area (TPSA) is 55.1 Å². The van der Waals surface area contributed by atoms with Crippen molar-refractivity contribution in [3.63, 3.8) is 0 Å². The molecule has 0 heterocycles. The van der Waals surface area contributed by atoms with Gasteiger partial charge in [-0.3, -0.25) is 4.79 Å². The molecule has 108 valence electrons. The number of amides is 1. The highest BCUT2D eigenvalue weighted by molar-refractivity contribution is 9.10. The molecular formula is C15H12BrFN2OS. The molecule has 0 saturated carbocycles. The second-order valence-corrected chi connectivity index (χ2v) is 5.80. The van der Waals surface area contributed by atoms with Crippen LogP contribution in [0.25, 0.3) is 0 Å². The number of anilines is 1. The standard InChI is InChI=1S/C15H12BrFN2OS/c16-13-8-10(17)3-6-12(13)15(20)19-11-4-1-9(2-5-11)7-14(18)21/h1-6,8H,7H2,(H2,18,21)(H,19,20). The Kier molecular flexibility index (Phi) is 5.03. The lowest BCUT2D eigenvalue weighted by Crippen LogP contribution is -2.13. The Hall–Kier alpha value is -1.79. The summed E-state index contributed by atoms with van der Waals surface area (Å²) in [5, 5.41) is 2.74. The second kappa shape index (κ2) is 6.78. The SMILES string of the molecule is NC(=S)Cc1ccc(NC(=O)c2ccc(F)cc2Br)cc1. The Bertz CT molecular complexity index is 689. The van der Waals surface area contributed by atoms with Gasteiger partial charge < -0.3 is 11.1 Å². The minimum absolute atomic E-state index is 0.316. The molecule has 0 bridgehead atoms. The molecule has 0 aliphatic carbocycles. The van der Waals surface area contributed by atoms with Crippen molar-refractivity contribution >= 4 is 44.7 Å². The fraction of sp³-hybridized carbons (Fsp3) is 0.0667. The van der Waals surface area contributed by atoms with Crippen LogP contribution in [0, 0.1) is 5.82 Å². The van der Waals surface area contributed by atoms with Crippen LogP contribution in [0.1, 0.15) is 15.9 Å². The van der Waals surface area contributed by atoms with Crippen molar-refractivity contribution in [1.29, 1.82) is 0 Å². The van der Waals surface area contributed by atoms with Crippen LogP contribution in [0.3, 0.4) is 0 Å². The molecule has 2 aromatic rings. The molecular weight excluding hydrogens is 355 g/mol. The summed E-state index contributed by atoms with van der Waals surface area (Å²) < 4.78 is 13.4. The van der Waals surface area contributed by atoms with Gasteiger partial charge in [-0.1, -0.05) is 24.4 Å². The number of thiocarbonyl (C=S) groups is 1. The molecule has 0 spiro atoms.